The molecule has 0 aliphatic carbocycles. The van der Waals surface area contributed by atoms with Gasteiger partial charge in [-0.25, -0.2) is 4.98 Å². The van der Waals surface area contributed by atoms with Gasteiger partial charge in [0.15, 0.2) is 0 Å². The van der Waals surface area contributed by atoms with Crippen molar-refractivity contribution in [1.29, 1.82) is 0 Å². The molecule has 2 heterocycles. The summed E-state index contributed by atoms with van der Waals surface area (Å²) in [6, 6.07) is 12.7. The van der Waals surface area contributed by atoms with E-state index in [2.05, 4.69) is 41.1 Å². The third-order valence-electron chi connectivity index (χ3n) is 3.79. The highest BCUT2D eigenvalue weighted by atomic mass is 16.3. The van der Waals surface area contributed by atoms with E-state index in [1.54, 1.807) is 6.20 Å². The first-order chi connectivity index (χ1) is 9.31. The third-order valence-corrected chi connectivity index (χ3v) is 3.79. The van der Waals surface area contributed by atoms with Gasteiger partial charge in [0.05, 0.1) is 6.61 Å². The molecule has 0 spiro atoms. The predicted molar refractivity (Wildman–Crippen MR) is 76.5 cm³/mol. The van der Waals surface area contributed by atoms with Crippen LogP contribution in [0.5, 0.6) is 0 Å². The quantitative estimate of drug-likeness (QED) is 0.895. The zero-order valence-electron chi connectivity index (χ0n) is 11.1. The second-order valence-electron chi connectivity index (χ2n) is 5.03. The SMILES string of the molecule is CC1CCc2ccccc2N1c1ncccc1CO. The lowest BCUT2D eigenvalue weighted by molar-refractivity contribution is 0.281. The zero-order valence-corrected chi connectivity index (χ0v) is 11.1. The van der Waals surface area contributed by atoms with Gasteiger partial charge < -0.3 is 10.0 Å². The smallest absolute Gasteiger partial charge is 0.138 e. The first-order valence-electron chi connectivity index (χ1n) is 6.73. The van der Waals surface area contributed by atoms with Gasteiger partial charge in [0, 0.05) is 23.5 Å². The number of fused-ring (bicyclic) bond motifs is 1. The van der Waals surface area contributed by atoms with Crippen LogP contribution < -0.4 is 4.90 Å². The summed E-state index contributed by atoms with van der Waals surface area (Å²) >= 11 is 0. The van der Waals surface area contributed by atoms with Crippen LogP contribution in [0.4, 0.5) is 11.5 Å². The van der Waals surface area contributed by atoms with Crippen molar-refractivity contribution in [2.24, 2.45) is 0 Å². The maximum absolute atomic E-state index is 9.52. The summed E-state index contributed by atoms with van der Waals surface area (Å²) in [6.07, 6.45) is 4.01. The number of anilines is 2. The van der Waals surface area contributed by atoms with Gasteiger partial charge in [-0.2, -0.15) is 0 Å². The van der Waals surface area contributed by atoms with E-state index >= 15 is 0 Å². The molecule has 1 unspecified atom stereocenters. The average Bonchev–Trinajstić information content (AvgIpc) is 2.47. The predicted octanol–water partition coefficient (Wildman–Crippen LogP) is 3.05. The minimum atomic E-state index is 0.0224. The summed E-state index contributed by atoms with van der Waals surface area (Å²) in [6.45, 7) is 2.24. The fourth-order valence-corrected chi connectivity index (χ4v) is 2.78. The normalized spacial score (nSPS) is 18.2. The Morgan fingerprint density at radius 2 is 2.11 bits per heavy atom. The highest BCUT2D eigenvalue weighted by Gasteiger charge is 2.26. The van der Waals surface area contributed by atoms with Crippen LogP contribution in [-0.4, -0.2) is 16.1 Å². The Hall–Kier alpha value is -1.87. The summed E-state index contributed by atoms with van der Waals surface area (Å²) in [5.41, 5.74) is 3.45. The van der Waals surface area contributed by atoms with Crippen LogP contribution >= 0.6 is 0 Å². The van der Waals surface area contributed by atoms with Crippen LogP contribution in [0, 0.1) is 0 Å². The zero-order chi connectivity index (χ0) is 13.2. The molecular weight excluding hydrogens is 236 g/mol. The number of nitrogens with zero attached hydrogens (tertiary/aromatic N) is 2. The van der Waals surface area contributed by atoms with Crippen molar-refractivity contribution >= 4 is 11.5 Å². The summed E-state index contributed by atoms with van der Waals surface area (Å²) in [5.74, 6) is 0.879. The molecule has 0 fully saturated rings. The van der Waals surface area contributed by atoms with Crippen molar-refractivity contribution < 1.29 is 5.11 Å². The van der Waals surface area contributed by atoms with E-state index in [9.17, 15) is 5.11 Å². The largest absolute Gasteiger partial charge is 0.392 e. The summed E-state index contributed by atoms with van der Waals surface area (Å²) in [5, 5.41) is 9.52. The standard InChI is InChI=1S/C16H18N2O/c1-12-8-9-13-5-2-3-7-15(13)18(12)16-14(11-19)6-4-10-17-16/h2-7,10,12,19H,8-9,11H2,1H3. The number of hydrogen-bond donors (Lipinski definition) is 1. The number of pyridine rings is 1. The number of hydrogen-bond acceptors (Lipinski definition) is 3. The molecule has 3 nitrogen and oxygen atoms in total. The summed E-state index contributed by atoms with van der Waals surface area (Å²) in [7, 11) is 0. The van der Waals surface area contributed by atoms with Gasteiger partial charge in [0.25, 0.3) is 0 Å². The molecular formula is C16H18N2O. The molecule has 3 heteroatoms. The molecule has 1 aromatic carbocycles. The van der Waals surface area contributed by atoms with Gasteiger partial charge in [-0.15, -0.1) is 0 Å². The highest BCUT2D eigenvalue weighted by molar-refractivity contribution is 5.68. The van der Waals surface area contributed by atoms with Crippen LogP contribution in [0.1, 0.15) is 24.5 Å². The van der Waals surface area contributed by atoms with Crippen LogP contribution in [0.25, 0.3) is 0 Å². The lowest BCUT2D eigenvalue weighted by atomic mass is 9.96. The fraction of sp³-hybridized carbons (Fsp3) is 0.312. The molecule has 0 saturated heterocycles. The number of aryl methyl sites for hydroxylation is 1. The van der Waals surface area contributed by atoms with Crippen molar-refractivity contribution in [3.05, 3.63) is 53.7 Å². The molecule has 98 valence electrons. The van der Waals surface area contributed by atoms with Gasteiger partial charge in [-0.05, 0) is 37.5 Å². The van der Waals surface area contributed by atoms with E-state index in [0.29, 0.717) is 6.04 Å². The minimum Gasteiger partial charge on any atom is -0.392 e. The highest BCUT2D eigenvalue weighted by Crippen LogP contribution is 2.36. The van der Waals surface area contributed by atoms with Crippen molar-refractivity contribution in [2.75, 3.05) is 4.90 Å². The van der Waals surface area contributed by atoms with Crippen molar-refractivity contribution in [3.8, 4) is 0 Å². The van der Waals surface area contributed by atoms with Crippen LogP contribution in [0.2, 0.25) is 0 Å². The topological polar surface area (TPSA) is 36.4 Å². The van der Waals surface area contributed by atoms with Gasteiger partial charge in [-0.3, -0.25) is 0 Å². The van der Waals surface area contributed by atoms with Crippen LogP contribution in [-0.2, 0) is 13.0 Å². The molecule has 1 aliphatic heterocycles. The molecule has 0 saturated carbocycles. The number of aliphatic hydroxyl groups is 1. The number of aliphatic hydroxyl groups excluding tert-OH is 1. The molecule has 1 aromatic heterocycles. The number of benzene rings is 1. The maximum Gasteiger partial charge on any atom is 0.138 e. The van der Waals surface area contributed by atoms with Crippen molar-refractivity contribution in [2.45, 2.75) is 32.4 Å². The number of rotatable bonds is 2. The van der Waals surface area contributed by atoms with Crippen molar-refractivity contribution in [3.63, 3.8) is 0 Å². The van der Waals surface area contributed by atoms with E-state index in [0.717, 1.165) is 24.2 Å². The number of para-hydroxylation sites is 1. The van der Waals surface area contributed by atoms with E-state index in [1.807, 2.05) is 12.1 Å². The molecule has 1 N–H and O–H groups in total. The molecule has 0 amide bonds. The molecule has 3 rings (SSSR count). The molecule has 2 aromatic rings. The summed E-state index contributed by atoms with van der Waals surface area (Å²) < 4.78 is 0. The Morgan fingerprint density at radius 3 is 2.95 bits per heavy atom. The van der Waals surface area contributed by atoms with Crippen LogP contribution in [0.15, 0.2) is 42.6 Å². The Balaban J connectivity index is 2.13. The number of aromatic nitrogens is 1. The Labute approximate surface area is 113 Å². The maximum atomic E-state index is 9.52. The van der Waals surface area contributed by atoms with Gasteiger partial charge in [0.1, 0.15) is 5.82 Å². The first-order valence-corrected chi connectivity index (χ1v) is 6.73. The van der Waals surface area contributed by atoms with E-state index in [-0.39, 0.29) is 6.61 Å². The first kappa shape index (κ1) is 12.2. The fourth-order valence-electron chi connectivity index (χ4n) is 2.78. The average molecular weight is 254 g/mol. The van der Waals surface area contributed by atoms with E-state index < -0.39 is 0 Å². The van der Waals surface area contributed by atoms with Gasteiger partial charge in [0.2, 0.25) is 0 Å². The molecule has 0 bridgehead atoms. The second-order valence-corrected chi connectivity index (χ2v) is 5.03. The molecule has 0 radical (unpaired) electrons. The van der Waals surface area contributed by atoms with Gasteiger partial charge >= 0.3 is 0 Å². The van der Waals surface area contributed by atoms with E-state index in [4.69, 9.17) is 0 Å². The molecule has 1 atom stereocenters. The Morgan fingerprint density at radius 1 is 1.26 bits per heavy atom. The lowest BCUT2D eigenvalue weighted by Crippen LogP contribution is -2.34. The van der Waals surface area contributed by atoms with E-state index in [1.165, 1.54) is 11.3 Å². The lowest BCUT2D eigenvalue weighted by Gasteiger charge is -2.37. The van der Waals surface area contributed by atoms with Crippen LogP contribution in [0.3, 0.4) is 0 Å². The minimum absolute atomic E-state index is 0.0224. The molecule has 19 heavy (non-hydrogen) atoms. The Kier molecular flexibility index (Phi) is 3.22. The second kappa shape index (κ2) is 5.02. The Bertz CT molecular complexity index is 582. The monoisotopic (exact) mass is 254 g/mol. The third kappa shape index (κ3) is 2.10. The molecule has 1 aliphatic rings. The van der Waals surface area contributed by atoms with Crippen molar-refractivity contribution in [1.82, 2.24) is 4.98 Å². The van der Waals surface area contributed by atoms with Gasteiger partial charge in [-0.1, -0.05) is 24.3 Å². The summed E-state index contributed by atoms with van der Waals surface area (Å²) in [4.78, 5) is 6.74.